The average Bonchev–Trinajstić information content (AvgIpc) is 2.06. The molecule has 0 aliphatic rings. The van der Waals surface area contributed by atoms with Gasteiger partial charge in [0.15, 0.2) is 5.78 Å². The van der Waals surface area contributed by atoms with Crippen LogP contribution >= 0.6 is 11.6 Å². The highest BCUT2D eigenvalue weighted by Crippen LogP contribution is 2.22. The van der Waals surface area contributed by atoms with Gasteiger partial charge in [-0.25, -0.2) is 0 Å². The van der Waals surface area contributed by atoms with E-state index in [4.69, 9.17) is 16.3 Å². The minimum absolute atomic E-state index is 0.000578. The predicted molar refractivity (Wildman–Crippen MR) is 52.4 cm³/mol. The third kappa shape index (κ3) is 3.07. The van der Waals surface area contributed by atoms with Gasteiger partial charge in [0.2, 0.25) is 0 Å². The lowest BCUT2D eigenvalue weighted by Gasteiger charge is -2.06. The Labute approximate surface area is 82.5 Å². The number of hydrogen-bond donors (Lipinski definition) is 0. The van der Waals surface area contributed by atoms with Crippen molar-refractivity contribution in [2.75, 3.05) is 6.61 Å². The molecule has 0 atom stereocenters. The lowest BCUT2D eigenvalue weighted by atomic mass is 10.2. The number of carbonyl (C=O) groups excluding carboxylic acids is 1. The van der Waals surface area contributed by atoms with E-state index in [-0.39, 0.29) is 12.4 Å². The SMILES string of the molecule is CC(=O)COc1cc(Cl)ccc1C. The second-order valence-corrected chi connectivity index (χ2v) is 3.34. The van der Waals surface area contributed by atoms with Crippen molar-refractivity contribution in [1.29, 1.82) is 0 Å². The number of ether oxygens (including phenoxy) is 1. The first-order valence-corrected chi connectivity index (χ1v) is 4.36. The van der Waals surface area contributed by atoms with E-state index in [0.717, 1.165) is 5.56 Å². The van der Waals surface area contributed by atoms with Crippen LogP contribution in [0.2, 0.25) is 5.02 Å². The molecule has 2 nitrogen and oxygen atoms in total. The van der Waals surface area contributed by atoms with Crippen LogP contribution in [0.15, 0.2) is 18.2 Å². The Morgan fingerprint density at radius 3 is 2.85 bits per heavy atom. The first-order valence-electron chi connectivity index (χ1n) is 3.98. The molecule has 0 N–H and O–H groups in total. The number of halogens is 1. The second kappa shape index (κ2) is 4.28. The fraction of sp³-hybridized carbons (Fsp3) is 0.300. The molecule has 0 unspecified atom stereocenters. The van der Waals surface area contributed by atoms with Crippen molar-refractivity contribution in [1.82, 2.24) is 0 Å². The Hall–Kier alpha value is -1.02. The molecule has 0 aromatic heterocycles. The molecule has 1 aromatic rings. The average molecular weight is 199 g/mol. The summed E-state index contributed by atoms with van der Waals surface area (Å²) in [5, 5.41) is 0.615. The predicted octanol–water partition coefficient (Wildman–Crippen LogP) is 2.62. The van der Waals surface area contributed by atoms with Crippen LogP contribution in [0.4, 0.5) is 0 Å². The van der Waals surface area contributed by atoms with Crippen molar-refractivity contribution in [3.05, 3.63) is 28.8 Å². The van der Waals surface area contributed by atoms with E-state index < -0.39 is 0 Å². The topological polar surface area (TPSA) is 26.3 Å². The first-order chi connectivity index (χ1) is 6.09. The Bertz CT molecular complexity index is 321. The second-order valence-electron chi connectivity index (χ2n) is 2.90. The fourth-order valence-electron chi connectivity index (χ4n) is 0.909. The molecular formula is C10H11ClO2. The summed E-state index contributed by atoms with van der Waals surface area (Å²) >= 11 is 5.77. The zero-order chi connectivity index (χ0) is 9.84. The molecule has 3 heteroatoms. The van der Waals surface area contributed by atoms with Gasteiger partial charge in [0.05, 0.1) is 0 Å². The van der Waals surface area contributed by atoms with Crippen molar-refractivity contribution >= 4 is 17.4 Å². The molecule has 0 fully saturated rings. The van der Waals surface area contributed by atoms with Gasteiger partial charge < -0.3 is 4.74 Å². The molecule has 13 heavy (non-hydrogen) atoms. The summed E-state index contributed by atoms with van der Waals surface area (Å²) in [5.41, 5.74) is 0.977. The van der Waals surface area contributed by atoms with E-state index in [1.807, 2.05) is 13.0 Å². The van der Waals surface area contributed by atoms with Crippen molar-refractivity contribution in [3.8, 4) is 5.75 Å². The minimum Gasteiger partial charge on any atom is -0.486 e. The first kappa shape index (κ1) is 10.1. The van der Waals surface area contributed by atoms with Crippen LogP contribution in [0.1, 0.15) is 12.5 Å². The lowest BCUT2D eigenvalue weighted by Crippen LogP contribution is -2.07. The summed E-state index contributed by atoms with van der Waals surface area (Å²) in [6.45, 7) is 3.49. The van der Waals surface area contributed by atoms with Crippen LogP contribution in [0, 0.1) is 6.92 Å². The summed E-state index contributed by atoms with van der Waals surface area (Å²) in [7, 11) is 0. The summed E-state index contributed by atoms with van der Waals surface area (Å²) in [6.07, 6.45) is 0. The summed E-state index contributed by atoms with van der Waals surface area (Å²) in [5.74, 6) is 0.669. The normalized spacial score (nSPS) is 9.77. The highest BCUT2D eigenvalue weighted by atomic mass is 35.5. The van der Waals surface area contributed by atoms with Crippen molar-refractivity contribution in [2.45, 2.75) is 13.8 Å². The third-order valence-corrected chi connectivity index (χ3v) is 1.82. The van der Waals surface area contributed by atoms with E-state index in [2.05, 4.69) is 0 Å². The molecule has 0 bridgehead atoms. The molecule has 0 heterocycles. The maximum absolute atomic E-state index is 10.7. The standard InChI is InChI=1S/C10H11ClO2/c1-7-3-4-9(11)5-10(7)13-6-8(2)12/h3-5H,6H2,1-2H3. The van der Waals surface area contributed by atoms with Crippen molar-refractivity contribution < 1.29 is 9.53 Å². The smallest absolute Gasteiger partial charge is 0.167 e. The molecule has 0 saturated carbocycles. The maximum atomic E-state index is 10.7. The number of carbonyl (C=O) groups is 1. The minimum atomic E-state index is -0.000578. The van der Waals surface area contributed by atoms with E-state index in [1.54, 1.807) is 12.1 Å². The molecule has 0 aliphatic heterocycles. The number of hydrogen-bond acceptors (Lipinski definition) is 2. The van der Waals surface area contributed by atoms with Gasteiger partial charge in [-0.2, -0.15) is 0 Å². The number of aryl methyl sites for hydroxylation is 1. The van der Waals surface area contributed by atoms with Crippen LogP contribution < -0.4 is 4.74 Å². The summed E-state index contributed by atoms with van der Waals surface area (Å²) in [6, 6.07) is 5.36. The molecule has 0 aliphatic carbocycles. The van der Waals surface area contributed by atoms with E-state index in [0.29, 0.717) is 10.8 Å². The van der Waals surface area contributed by atoms with E-state index in [1.165, 1.54) is 6.92 Å². The molecular weight excluding hydrogens is 188 g/mol. The Morgan fingerprint density at radius 1 is 1.54 bits per heavy atom. The Morgan fingerprint density at radius 2 is 2.23 bits per heavy atom. The molecule has 0 spiro atoms. The molecule has 0 saturated heterocycles. The molecule has 70 valence electrons. The zero-order valence-electron chi connectivity index (χ0n) is 7.63. The lowest BCUT2D eigenvalue weighted by molar-refractivity contribution is -0.118. The quantitative estimate of drug-likeness (QED) is 0.747. The number of Topliss-reactive ketones (excluding diaryl/α,β-unsaturated/α-hetero) is 1. The molecule has 1 rings (SSSR count). The number of rotatable bonds is 3. The van der Waals surface area contributed by atoms with Gasteiger partial charge in [0.25, 0.3) is 0 Å². The highest BCUT2D eigenvalue weighted by molar-refractivity contribution is 6.30. The van der Waals surface area contributed by atoms with Gasteiger partial charge in [-0.1, -0.05) is 17.7 Å². The van der Waals surface area contributed by atoms with Gasteiger partial charge in [-0.05, 0) is 31.5 Å². The summed E-state index contributed by atoms with van der Waals surface area (Å²) in [4.78, 5) is 10.7. The number of benzene rings is 1. The summed E-state index contributed by atoms with van der Waals surface area (Å²) < 4.78 is 5.25. The molecule has 1 aromatic carbocycles. The molecule has 0 radical (unpaired) electrons. The van der Waals surface area contributed by atoms with Crippen molar-refractivity contribution in [2.24, 2.45) is 0 Å². The van der Waals surface area contributed by atoms with Gasteiger partial charge in [-0.3, -0.25) is 4.79 Å². The maximum Gasteiger partial charge on any atom is 0.167 e. The van der Waals surface area contributed by atoms with Gasteiger partial charge in [-0.15, -0.1) is 0 Å². The van der Waals surface area contributed by atoms with Crippen LogP contribution in [0.3, 0.4) is 0 Å². The monoisotopic (exact) mass is 198 g/mol. The molecule has 0 amide bonds. The van der Waals surface area contributed by atoms with Crippen LogP contribution in [0.5, 0.6) is 5.75 Å². The van der Waals surface area contributed by atoms with Crippen molar-refractivity contribution in [3.63, 3.8) is 0 Å². The largest absolute Gasteiger partial charge is 0.486 e. The van der Waals surface area contributed by atoms with E-state index >= 15 is 0 Å². The fourth-order valence-corrected chi connectivity index (χ4v) is 1.07. The Balaban J connectivity index is 2.75. The van der Waals surface area contributed by atoms with Crippen LogP contribution in [-0.2, 0) is 4.79 Å². The Kier molecular flexibility index (Phi) is 3.32. The third-order valence-electron chi connectivity index (χ3n) is 1.58. The van der Waals surface area contributed by atoms with E-state index in [9.17, 15) is 4.79 Å². The van der Waals surface area contributed by atoms with Gasteiger partial charge in [0.1, 0.15) is 12.4 Å². The highest BCUT2D eigenvalue weighted by Gasteiger charge is 2.01. The van der Waals surface area contributed by atoms with Gasteiger partial charge in [0, 0.05) is 5.02 Å². The zero-order valence-corrected chi connectivity index (χ0v) is 8.39. The van der Waals surface area contributed by atoms with Crippen LogP contribution in [0.25, 0.3) is 0 Å². The van der Waals surface area contributed by atoms with Crippen LogP contribution in [-0.4, -0.2) is 12.4 Å². The van der Waals surface area contributed by atoms with Gasteiger partial charge >= 0.3 is 0 Å². The number of ketones is 1.